The summed E-state index contributed by atoms with van der Waals surface area (Å²) in [5, 5.41) is 3.73. The number of nitrogens with zero attached hydrogens (tertiary/aromatic N) is 2. The molecule has 0 spiro atoms. The van der Waals surface area contributed by atoms with E-state index in [4.69, 9.17) is 10.6 Å². The van der Waals surface area contributed by atoms with Gasteiger partial charge in [0, 0.05) is 18.8 Å². The Hall–Kier alpha value is -0.980. The van der Waals surface area contributed by atoms with E-state index in [9.17, 15) is 4.79 Å². The van der Waals surface area contributed by atoms with Gasteiger partial charge in [0.2, 0.25) is 0 Å². The van der Waals surface area contributed by atoms with E-state index in [1.165, 1.54) is 18.4 Å². The first-order valence-electron chi connectivity index (χ1n) is 4.15. The van der Waals surface area contributed by atoms with E-state index in [1.807, 2.05) is 0 Å². The maximum Gasteiger partial charge on any atom is 0.296 e. The smallest absolute Gasteiger partial charge is 0.296 e. The van der Waals surface area contributed by atoms with E-state index >= 15 is 0 Å². The van der Waals surface area contributed by atoms with Crippen LogP contribution in [0.1, 0.15) is 15.5 Å². The molecule has 1 amide bonds. The van der Waals surface area contributed by atoms with Crippen LogP contribution in [0.5, 0.6) is 0 Å². The molecule has 0 fully saturated rings. The molecule has 0 saturated carbocycles. The second-order valence-electron chi connectivity index (χ2n) is 2.65. The SMILES string of the molecule is CON(C)C(=O)c1csc(CCN)n1. The van der Waals surface area contributed by atoms with E-state index in [1.54, 1.807) is 12.4 Å². The van der Waals surface area contributed by atoms with Crippen molar-refractivity contribution in [1.82, 2.24) is 10.0 Å². The first-order valence-corrected chi connectivity index (χ1v) is 5.03. The van der Waals surface area contributed by atoms with Gasteiger partial charge >= 0.3 is 0 Å². The Balaban J connectivity index is 2.71. The maximum atomic E-state index is 11.5. The van der Waals surface area contributed by atoms with Crippen molar-refractivity contribution in [3.8, 4) is 0 Å². The van der Waals surface area contributed by atoms with Gasteiger partial charge in [0.15, 0.2) is 0 Å². The number of rotatable bonds is 4. The van der Waals surface area contributed by atoms with Crippen molar-refractivity contribution >= 4 is 17.2 Å². The minimum absolute atomic E-state index is 0.243. The molecule has 0 aliphatic carbocycles. The lowest BCUT2D eigenvalue weighted by Gasteiger charge is -2.10. The van der Waals surface area contributed by atoms with Gasteiger partial charge in [-0.3, -0.25) is 9.63 Å². The van der Waals surface area contributed by atoms with E-state index in [2.05, 4.69) is 4.98 Å². The summed E-state index contributed by atoms with van der Waals surface area (Å²) in [6, 6.07) is 0. The molecule has 14 heavy (non-hydrogen) atoms. The fraction of sp³-hybridized carbons (Fsp3) is 0.500. The van der Waals surface area contributed by atoms with Crippen molar-refractivity contribution in [2.24, 2.45) is 5.73 Å². The largest absolute Gasteiger partial charge is 0.330 e. The number of amides is 1. The topological polar surface area (TPSA) is 68.5 Å². The molecule has 0 aliphatic rings. The van der Waals surface area contributed by atoms with Crippen LogP contribution in [0.15, 0.2) is 5.38 Å². The molecule has 2 N–H and O–H groups in total. The minimum atomic E-state index is -0.243. The van der Waals surface area contributed by atoms with Gasteiger partial charge in [0.1, 0.15) is 5.69 Å². The molecule has 1 aromatic rings. The van der Waals surface area contributed by atoms with Crippen LogP contribution in [0, 0.1) is 0 Å². The van der Waals surface area contributed by atoms with Crippen molar-refractivity contribution in [2.45, 2.75) is 6.42 Å². The van der Waals surface area contributed by atoms with Crippen LogP contribution in [-0.2, 0) is 11.3 Å². The number of nitrogens with two attached hydrogens (primary N) is 1. The Morgan fingerprint density at radius 1 is 1.79 bits per heavy atom. The summed E-state index contributed by atoms with van der Waals surface area (Å²) in [6.07, 6.45) is 0.703. The van der Waals surface area contributed by atoms with Crippen LogP contribution in [0.2, 0.25) is 0 Å². The highest BCUT2D eigenvalue weighted by Crippen LogP contribution is 2.11. The third kappa shape index (κ3) is 2.50. The van der Waals surface area contributed by atoms with Crippen LogP contribution in [0.25, 0.3) is 0 Å². The normalized spacial score (nSPS) is 10.2. The summed E-state index contributed by atoms with van der Waals surface area (Å²) >= 11 is 1.44. The molecule has 1 heterocycles. The Bertz CT molecular complexity index is 313. The number of hydrogen-bond donors (Lipinski definition) is 1. The zero-order valence-electron chi connectivity index (χ0n) is 8.19. The Morgan fingerprint density at radius 3 is 3.07 bits per heavy atom. The fourth-order valence-corrected chi connectivity index (χ4v) is 1.68. The average molecular weight is 215 g/mol. The van der Waals surface area contributed by atoms with Gasteiger partial charge in [-0.15, -0.1) is 11.3 Å². The van der Waals surface area contributed by atoms with Gasteiger partial charge in [-0.1, -0.05) is 0 Å². The Labute approximate surface area is 86.4 Å². The van der Waals surface area contributed by atoms with Gasteiger partial charge in [-0.25, -0.2) is 10.0 Å². The average Bonchev–Trinajstić information content (AvgIpc) is 2.64. The van der Waals surface area contributed by atoms with E-state index in [0.29, 0.717) is 18.7 Å². The summed E-state index contributed by atoms with van der Waals surface area (Å²) < 4.78 is 0. The molecular formula is C8H13N3O2S. The van der Waals surface area contributed by atoms with Crippen molar-refractivity contribution in [2.75, 3.05) is 20.7 Å². The van der Waals surface area contributed by atoms with Crippen LogP contribution in [-0.4, -0.2) is 36.7 Å². The van der Waals surface area contributed by atoms with Crippen LogP contribution < -0.4 is 5.73 Å². The zero-order valence-corrected chi connectivity index (χ0v) is 9.00. The summed E-state index contributed by atoms with van der Waals surface area (Å²) in [5.41, 5.74) is 5.78. The van der Waals surface area contributed by atoms with Gasteiger partial charge in [0.25, 0.3) is 5.91 Å². The third-order valence-electron chi connectivity index (χ3n) is 1.69. The minimum Gasteiger partial charge on any atom is -0.330 e. The lowest BCUT2D eigenvalue weighted by molar-refractivity contribution is -0.0760. The maximum absolute atomic E-state index is 11.5. The van der Waals surface area contributed by atoms with Gasteiger partial charge in [-0.05, 0) is 6.54 Å². The predicted molar refractivity (Wildman–Crippen MR) is 54.0 cm³/mol. The molecule has 0 aliphatic heterocycles. The Morgan fingerprint density at radius 2 is 2.50 bits per heavy atom. The molecule has 78 valence electrons. The number of carbonyl (C=O) groups is 1. The van der Waals surface area contributed by atoms with Crippen molar-refractivity contribution in [3.63, 3.8) is 0 Å². The van der Waals surface area contributed by atoms with E-state index < -0.39 is 0 Å². The van der Waals surface area contributed by atoms with Crippen molar-refractivity contribution in [3.05, 3.63) is 16.1 Å². The van der Waals surface area contributed by atoms with E-state index in [0.717, 1.165) is 10.1 Å². The molecule has 0 bridgehead atoms. The first-order chi connectivity index (χ1) is 6.69. The van der Waals surface area contributed by atoms with Gasteiger partial charge in [0.05, 0.1) is 12.1 Å². The number of thiazole rings is 1. The molecule has 6 heteroatoms. The van der Waals surface area contributed by atoms with Crippen LogP contribution in [0.4, 0.5) is 0 Å². The van der Waals surface area contributed by atoms with Gasteiger partial charge < -0.3 is 5.73 Å². The predicted octanol–water partition coefficient (Wildman–Crippen LogP) is 0.278. The zero-order chi connectivity index (χ0) is 10.6. The highest BCUT2D eigenvalue weighted by atomic mass is 32.1. The molecule has 0 atom stereocenters. The molecule has 0 saturated heterocycles. The third-order valence-corrected chi connectivity index (χ3v) is 2.60. The Kier molecular flexibility index (Phi) is 3.99. The molecule has 0 radical (unpaired) electrons. The molecule has 0 aromatic carbocycles. The summed E-state index contributed by atoms with van der Waals surface area (Å²) in [6.45, 7) is 0.543. The summed E-state index contributed by atoms with van der Waals surface area (Å²) in [7, 11) is 2.98. The monoisotopic (exact) mass is 215 g/mol. The number of hydrogen-bond acceptors (Lipinski definition) is 5. The quantitative estimate of drug-likeness (QED) is 0.732. The first kappa shape index (κ1) is 11.1. The molecule has 5 nitrogen and oxygen atoms in total. The molecule has 0 unspecified atom stereocenters. The fourth-order valence-electron chi connectivity index (χ4n) is 0.892. The summed E-state index contributed by atoms with van der Waals surface area (Å²) in [4.78, 5) is 20.4. The molecule has 1 rings (SSSR count). The number of carbonyl (C=O) groups excluding carboxylic acids is 1. The standard InChI is InChI=1S/C8H13N3O2S/c1-11(13-2)8(12)6-5-14-7(10-6)3-4-9/h5H,3-4,9H2,1-2H3. The van der Waals surface area contributed by atoms with Crippen LogP contribution in [0.3, 0.4) is 0 Å². The van der Waals surface area contributed by atoms with Gasteiger partial charge in [-0.2, -0.15) is 0 Å². The lowest BCUT2D eigenvalue weighted by atomic mass is 10.4. The van der Waals surface area contributed by atoms with E-state index in [-0.39, 0.29) is 5.91 Å². The second-order valence-corrected chi connectivity index (χ2v) is 3.59. The summed E-state index contributed by atoms with van der Waals surface area (Å²) in [5.74, 6) is -0.243. The highest BCUT2D eigenvalue weighted by molar-refractivity contribution is 7.09. The van der Waals surface area contributed by atoms with Crippen molar-refractivity contribution in [1.29, 1.82) is 0 Å². The highest BCUT2D eigenvalue weighted by Gasteiger charge is 2.14. The second kappa shape index (κ2) is 5.04. The number of hydroxylamine groups is 2. The lowest BCUT2D eigenvalue weighted by Crippen LogP contribution is -2.25. The number of aromatic nitrogens is 1. The van der Waals surface area contributed by atoms with Crippen LogP contribution >= 0.6 is 11.3 Å². The molecule has 1 aromatic heterocycles. The molecular weight excluding hydrogens is 202 g/mol. The van der Waals surface area contributed by atoms with Crippen molar-refractivity contribution < 1.29 is 9.63 Å².